The van der Waals surface area contributed by atoms with Gasteiger partial charge in [-0.15, -0.1) is 0 Å². The number of fused-ring (bicyclic) bond motifs is 1. The molecule has 0 atom stereocenters. The number of aromatic nitrogens is 2. The summed E-state index contributed by atoms with van der Waals surface area (Å²) in [6.07, 6.45) is 1.79. The number of aryl methyl sites for hydroxylation is 2. The van der Waals surface area contributed by atoms with E-state index in [4.69, 9.17) is 0 Å². The predicted octanol–water partition coefficient (Wildman–Crippen LogP) is 1.89. The number of carbonyl (C=O) groups excluding carboxylic acids is 2. The number of ketones is 2. The first-order chi connectivity index (χ1) is 11.5. The number of hydrogen-bond donors (Lipinski definition) is 2. The number of Topliss-reactive ketones (excluding diaryl/α,β-unsaturated/α-hetero) is 1. The molecule has 1 heterocycles. The zero-order chi connectivity index (χ0) is 17.3. The number of benzene rings is 1. The molecule has 6 nitrogen and oxygen atoms in total. The van der Waals surface area contributed by atoms with E-state index in [1.807, 2.05) is 12.1 Å². The van der Waals surface area contributed by atoms with Crippen LogP contribution in [0.4, 0.5) is 0 Å². The van der Waals surface area contributed by atoms with Crippen LogP contribution in [0.25, 0.3) is 0 Å². The van der Waals surface area contributed by atoms with E-state index in [0.717, 1.165) is 5.56 Å². The summed E-state index contributed by atoms with van der Waals surface area (Å²) in [4.78, 5) is 33.1. The first-order valence-electron chi connectivity index (χ1n) is 7.64. The molecule has 122 valence electrons. The Hall–Kier alpha value is -3.02. The van der Waals surface area contributed by atoms with Crippen molar-refractivity contribution in [2.45, 2.75) is 20.3 Å². The molecular formula is C18H17N3O3. The molecule has 0 saturated heterocycles. The molecule has 2 N–H and O–H groups in total. The monoisotopic (exact) mass is 323 g/mol. The van der Waals surface area contributed by atoms with Crippen LogP contribution in [0, 0.1) is 13.8 Å². The second-order valence-corrected chi connectivity index (χ2v) is 5.65. The number of hydrogen-bond acceptors (Lipinski definition) is 6. The number of nitrogens with one attached hydrogen (secondary N) is 1. The second-order valence-electron chi connectivity index (χ2n) is 5.65. The van der Waals surface area contributed by atoms with Crippen LogP contribution in [-0.4, -0.2) is 33.2 Å². The lowest BCUT2D eigenvalue weighted by molar-refractivity contribution is 0.0970. The first kappa shape index (κ1) is 15.9. The third-order valence-electron chi connectivity index (χ3n) is 3.98. The summed E-state index contributed by atoms with van der Waals surface area (Å²) in [5, 5.41) is 12.7. The van der Waals surface area contributed by atoms with Gasteiger partial charge in [-0.25, -0.2) is 9.97 Å². The highest BCUT2D eigenvalue weighted by Gasteiger charge is 2.29. The van der Waals surface area contributed by atoms with E-state index in [-0.39, 0.29) is 34.4 Å². The fourth-order valence-corrected chi connectivity index (χ4v) is 2.51. The maximum atomic E-state index is 12.5. The molecule has 0 fully saturated rings. The molecule has 3 rings (SSSR count). The Morgan fingerprint density at radius 1 is 1.04 bits per heavy atom. The zero-order valence-corrected chi connectivity index (χ0v) is 13.5. The minimum Gasteiger partial charge on any atom is -0.508 e. The third-order valence-corrected chi connectivity index (χ3v) is 3.98. The molecule has 1 aromatic heterocycles. The van der Waals surface area contributed by atoms with Gasteiger partial charge in [0.1, 0.15) is 17.1 Å². The summed E-state index contributed by atoms with van der Waals surface area (Å²) in [6.45, 7) is 3.92. The minimum absolute atomic E-state index is 0.0932. The van der Waals surface area contributed by atoms with Crippen LogP contribution in [0.1, 0.15) is 37.9 Å². The molecule has 6 heteroatoms. The van der Waals surface area contributed by atoms with Crippen molar-refractivity contribution < 1.29 is 14.7 Å². The minimum atomic E-state index is -0.336. The SMILES string of the molecule is Cc1nc2c(nc1C)C(=O)C(NCCc1ccccc1O)=CC2=O. The van der Waals surface area contributed by atoms with Crippen LogP contribution < -0.4 is 5.32 Å². The average Bonchev–Trinajstić information content (AvgIpc) is 2.55. The van der Waals surface area contributed by atoms with Crippen molar-refractivity contribution in [1.29, 1.82) is 0 Å². The quantitative estimate of drug-likeness (QED) is 0.893. The van der Waals surface area contributed by atoms with Crippen LogP contribution in [-0.2, 0) is 6.42 Å². The fraction of sp³-hybridized carbons (Fsp3) is 0.222. The normalized spacial score (nSPS) is 13.5. The molecule has 1 aromatic carbocycles. The van der Waals surface area contributed by atoms with Gasteiger partial charge in [-0.3, -0.25) is 9.59 Å². The van der Waals surface area contributed by atoms with Crippen molar-refractivity contribution in [2.24, 2.45) is 0 Å². The molecule has 0 amide bonds. The maximum absolute atomic E-state index is 12.5. The zero-order valence-electron chi connectivity index (χ0n) is 13.5. The van der Waals surface area contributed by atoms with Crippen molar-refractivity contribution >= 4 is 11.6 Å². The van der Waals surface area contributed by atoms with Gasteiger partial charge in [-0.05, 0) is 31.9 Å². The van der Waals surface area contributed by atoms with Crippen LogP contribution >= 0.6 is 0 Å². The van der Waals surface area contributed by atoms with Gasteiger partial charge in [-0.1, -0.05) is 18.2 Å². The van der Waals surface area contributed by atoms with E-state index in [1.54, 1.807) is 26.0 Å². The molecule has 0 spiro atoms. The van der Waals surface area contributed by atoms with Gasteiger partial charge in [0.05, 0.1) is 17.1 Å². The number of carbonyl (C=O) groups is 2. The molecule has 1 aliphatic carbocycles. The smallest absolute Gasteiger partial charge is 0.229 e. The van der Waals surface area contributed by atoms with Gasteiger partial charge in [-0.2, -0.15) is 0 Å². The molecule has 0 radical (unpaired) electrons. The van der Waals surface area contributed by atoms with E-state index < -0.39 is 0 Å². The summed E-state index contributed by atoms with van der Waals surface area (Å²) < 4.78 is 0. The molecule has 2 aromatic rings. The number of rotatable bonds is 4. The summed E-state index contributed by atoms with van der Waals surface area (Å²) in [6, 6.07) is 7.01. The van der Waals surface area contributed by atoms with Crippen LogP contribution in [0.2, 0.25) is 0 Å². The van der Waals surface area contributed by atoms with Crippen molar-refractivity contribution in [3.63, 3.8) is 0 Å². The second kappa shape index (κ2) is 6.23. The summed E-state index contributed by atoms with van der Waals surface area (Å²) in [7, 11) is 0. The van der Waals surface area contributed by atoms with E-state index >= 15 is 0 Å². The molecule has 1 aliphatic rings. The van der Waals surface area contributed by atoms with Crippen molar-refractivity contribution in [1.82, 2.24) is 15.3 Å². The van der Waals surface area contributed by atoms with Gasteiger partial charge < -0.3 is 10.4 Å². The number of aromatic hydroxyl groups is 1. The standard InChI is InChI=1S/C18H17N3O3/c1-10-11(2)21-17-16(20-10)15(23)9-13(18(17)24)19-8-7-12-5-3-4-6-14(12)22/h3-6,9,19,22H,7-8H2,1-2H3. The summed E-state index contributed by atoms with van der Waals surface area (Å²) >= 11 is 0. The molecule has 0 saturated carbocycles. The van der Waals surface area contributed by atoms with Crippen LogP contribution in [0.15, 0.2) is 36.0 Å². The number of para-hydroxylation sites is 1. The van der Waals surface area contributed by atoms with E-state index in [1.165, 1.54) is 6.08 Å². The highest BCUT2D eigenvalue weighted by Crippen LogP contribution is 2.19. The van der Waals surface area contributed by atoms with Gasteiger partial charge in [0.25, 0.3) is 0 Å². The Morgan fingerprint density at radius 2 is 1.71 bits per heavy atom. The van der Waals surface area contributed by atoms with E-state index in [0.29, 0.717) is 24.4 Å². The first-order valence-corrected chi connectivity index (χ1v) is 7.64. The van der Waals surface area contributed by atoms with E-state index in [9.17, 15) is 14.7 Å². The van der Waals surface area contributed by atoms with Gasteiger partial charge in [0.15, 0.2) is 0 Å². The molecule has 24 heavy (non-hydrogen) atoms. The maximum Gasteiger partial charge on any atom is 0.229 e. The number of phenolic OH excluding ortho intramolecular Hbond substituents is 1. The predicted molar refractivity (Wildman–Crippen MR) is 88.1 cm³/mol. The van der Waals surface area contributed by atoms with Crippen molar-refractivity contribution in [3.05, 3.63) is 64.4 Å². The molecule has 0 bridgehead atoms. The summed E-state index contributed by atoms with van der Waals surface area (Å²) in [5.74, 6) is -0.454. The number of nitrogens with zero attached hydrogens (tertiary/aromatic N) is 2. The van der Waals surface area contributed by atoms with Crippen LogP contribution in [0.3, 0.4) is 0 Å². The Kier molecular flexibility index (Phi) is 4.12. The highest BCUT2D eigenvalue weighted by molar-refractivity contribution is 6.22. The molecule has 0 unspecified atom stereocenters. The summed E-state index contributed by atoms with van der Waals surface area (Å²) in [5.41, 5.74) is 2.45. The molecule has 0 aliphatic heterocycles. The van der Waals surface area contributed by atoms with Gasteiger partial charge in [0, 0.05) is 12.6 Å². The Labute approximate surface area is 139 Å². The lowest BCUT2D eigenvalue weighted by Gasteiger charge is -2.16. The Bertz CT molecular complexity index is 872. The number of allylic oxidation sites excluding steroid dienone is 2. The number of phenols is 1. The third kappa shape index (κ3) is 2.90. The lowest BCUT2D eigenvalue weighted by atomic mass is 10.0. The average molecular weight is 323 g/mol. The largest absolute Gasteiger partial charge is 0.508 e. The Morgan fingerprint density at radius 3 is 2.42 bits per heavy atom. The fourth-order valence-electron chi connectivity index (χ4n) is 2.51. The Balaban J connectivity index is 1.76. The molecular weight excluding hydrogens is 306 g/mol. The lowest BCUT2D eigenvalue weighted by Crippen LogP contribution is -2.30. The topological polar surface area (TPSA) is 92.2 Å². The van der Waals surface area contributed by atoms with Gasteiger partial charge in [0.2, 0.25) is 11.6 Å². The van der Waals surface area contributed by atoms with E-state index in [2.05, 4.69) is 15.3 Å². The van der Waals surface area contributed by atoms with Gasteiger partial charge >= 0.3 is 0 Å². The highest BCUT2D eigenvalue weighted by atomic mass is 16.3. The van der Waals surface area contributed by atoms with Crippen LogP contribution in [0.5, 0.6) is 5.75 Å². The van der Waals surface area contributed by atoms with Crippen molar-refractivity contribution in [3.8, 4) is 5.75 Å². The van der Waals surface area contributed by atoms with Crippen molar-refractivity contribution in [2.75, 3.05) is 6.54 Å².